The number of rotatable bonds is 2. The molecule has 2 nitrogen and oxygen atoms in total. The molecule has 0 aromatic rings. The van der Waals surface area contributed by atoms with Crippen LogP contribution in [-0.4, -0.2) is 6.16 Å². The third-order valence-electron chi connectivity index (χ3n) is 0.339. The largest absolute Gasteiger partial charge is 0.325 e. The normalized spacial score (nSPS) is 7.83. The van der Waals surface area contributed by atoms with Crippen molar-refractivity contribution in [3.05, 3.63) is 0 Å². The van der Waals surface area contributed by atoms with E-state index in [9.17, 15) is 4.57 Å². The minimum atomic E-state index is -0.308. The fourth-order valence-corrected chi connectivity index (χ4v) is 0.321. The molecular formula is C3H5NOP+. The lowest BCUT2D eigenvalue weighted by atomic mass is 10.6. The van der Waals surface area contributed by atoms with Gasteiger partial charge in [0.2, 0.25) is 0 Å². The van der Waals surface area contributed by atoms with Crippen molar-refractivity contribution >= 4 is 8.46 Å². The van der Waals surface area contributed by atoms with E-state index in [1.54, 1.807) is 0 Å². The molecule has 0 bridgehead atoms. The van der Waals surface area contributed by atoms with Gasteiger partial charge in [0.05, 0.1) is 12.5 Å². The summed E-state index contributed by atoms with van der Waals surface area (Å²) in [5.74, 6) is 0. The molecule has 0 aromatic carbocycles. The molecule has 0 amide bonds. The molecule has 0 heterocycles. The van der Waals surface area contributed by atoms with Gasteiger partial charge in [-0.1, -0.05) is 4.57 Å². The first-order valence-corrected chi connectivity index (χ1v) is 2.75. The van der Waals surface area contributed by atoms with Gasteiger partial charge in [-0.3, -0.25) is 0 Å². The number of hydrogen-bond acceptors (Lipinski definition) is 2. The zero-order valence-corrected chi connectivity index (χ0v) is 4.27. The Morgan fingerprint density at radius 2 is 2.50 bits per heavy atom. The predicted molar refractivity (Wildman–Crippen MR) is 24.1 cm³/mol. The van der Waals surface area contributed by atoms with Crippen LogP contribution in [0.2, 0.25) is 0 Å². The van der Waals surface area contributed by atoms with Crippen LogP contribution < -0.4 is 0 Å². The first kappa shape index (κ1) is 5.59. The average Bonchev–Trinajstić information content (AvgIpc) is 1.61. The fraction of sp³-hybridized carbons (Fsp3) is 0.667. The Balaban J connectivity index is 2.72. The Bertz CT molecular complexity index is 75.4. The molecule has 1 atom stereocenters. The molecule has 3 heteroatoms. The molecule has 0 aliphatic heterocycles. The van der Waals surface area contributed by atoms with E-state index in [1.807, 2.05) is 6.07 Å². The number of nitriles is 1. The minimum absolute atomic E-state index is 0.308. The van der Waals surface area contributed by atoms with Gasteiger partial charge in [-0.05, 0) is 0 Å². The van der Waals surface area contributed by atoms with E-state index in [0.29, 0.717) is 12.6 Å². The highest BCUT2D eigenvalue weighted by Crippen LogP contribution is 1.91. The molecule has 0 N–H and O–H groups in total. The van der Waals surface area contributed by atoms with Gasteiger partial charge in [-0.2, -0.15) is 5.26 Å². The Kier molecular flexibility index (Phi) is 4.28. The highest BCUT2D eigenvalue weighted by molar-refractivity contribution is 7.23. The number of hydrogen-bond donors (Lipinski definition) is 0. The second kappa shape index (κ2) is 4.59. The van der Waals surface area contributed by atoms with Crippen LogP contribution in [0.25, 0.3) is 0 Å². The summed E-state index contributed by atoms with van der Waals surface area (Å²) in [4.78, 5) is 0. The SMILES string of the molecule is N#CCC[PH+]=O. The summed E-state index contributed by atoms with van der Waals surface area (Å²) in [6, 6.07) is 1.88. The topological polar surface area (TPSA) is 40.9 Å². The predicted octanol–water partition coefficient (Wildman–Crippen LogP) is 0.924. The molecule has 0 saturated carbocycles. The van der Waals surface area contributed by atoms with Crippen LogP contribution in [0.3, 0.4) is 0 Å². The summed E-state index contributed by atoms with van der Waals surface area (Å²) < 4.78 is 9.57. The van der Waals surface area contributed by atoms with Crippen LogP contribution in [0.1, 0.15) is 6.42 Å². The van der Waals surface area contributed by atoms with Gasteiger partial charge >= 0.3 is 8.46 Å². The van der Waals surface area contributed by atoms with Crippen molar-refractivity contribution in [3.63, 3.8) is 0 Å². The van der Waals surface area contributed by atoms with Crippen molar-refractivity contribution in [1.82, 2.24) is 0 Å². The maximum atomic E-state index is 9.57. The van der Waals surface area contributed by atoms with Gasteiger partial charge in [0.15, 0.2) is 6.16 Å². The minimum Gasteiger partial charge on any atom is -0.198 e. The van der Waals surface area contributed by atoms with Crippen LogP contribution in [0, 0.1) is 11.3 Å². The van der Waals surface area contributed by atoms with E-state index in [1.165, 1.54) is 0 Å². The monoisotopic (exact) mass is 102 g/mol. The first-order chi connectivity index (χ1) is 2.91. The van der Waals surface area contributed by atoms with Crippen molar-refractivity contribution in [2.45, 2.75) is 6.42 Å². The van der Waals surface area contributed by atoms with Gasteiger partial charge < -0.3 is 0 Å². The lowest BCUT2D eigenvalue weighted by Gasteiger charge is -1.57. The summed E-state index contributed by atoms with van der Waals surface area (Å²) in [6.07, 6.45) is 0.943. The van der Waals surface area contributed by atoms with E-state index in [4.69, 9.17) is 5.26 Å². The molecule has 0 saturated heterocycles. The third kappa shape index (κ3) is 3.59. The lowest BCUT2D eigenvalue weighted by Crippen LogP contribution is -1.62. The summed E-state index contributed by atoms with van der Waals surface area (Å²) in [6.45, 7) is 0. The van der Waals surface area contributed by atoms with E-state index in [-0.39, 0.29) is 8.46 Å². The first-order valence-electron chi connectivity index (χ1n) is 1.63. The van der Waals surface area contributed by atoms with Crippen LogP contribution >= 0.6 is 8.46 Å². The van der Waals surface area contributed by atoms with Gasteiger partial charge in [0, 0.05) is 0 Å². The maximum Gasteiger partial charge on any atom is 0.325 e. The molecule has 0 aromatic heterocycles. The summed E-state index contributed by atoms with van der Waals surface area (Å²) in [7, 11) is -0.308. The highest BCUT2D eigenvalue weighted by Gasteiger charge is 1.84. The Morgan fingerprint density at radius 1 is 1.83 bits per heavy atom. The summed E-state index contributed by atoms with van der Waals surface area (Å²) in [5.41, 5.74) is 0. The summed E-state index contributed by atoms with van der Waals surface area (Å²) in [5, 5.41) is 7.81. The molecular weight excluding hydrogens is 97.0 g/mol. The molecule has 0 aliphatic carbocycles. The zero-order valence-electron chi connectivity index (χ0n) is 3.27. The van der Waals surface area contributed by atoms with Crippen molar-refractivity contribution in [3.8, 4) is 6.07 Å². The lowest BCUT2D eigenvalue weighted by molar-refractivity contribution is 0.598. The molecule has 1 unspecified atom stereocenters. The van der Waals surface area contributed by atoms with Crippen LogP contribution in [0.5, 0.6) is 0 Å². The number of nitrogens with zero attached hydrogens (tertiary/aromatic N) is 1. The van der Waals surface area contributed by atoms with Gasteiger partial charge in [0.25, 0.3) is 0 Å². The van der Waals surface area contributed by atoms with E-state index in [2.05, 4.69) is 0 Å². The molecule has 0 spiro atoms. The molecule has 0 aliphatic rings. The third-order valence-corrected chi connectivity index (χ3v) is 0.793. The molecule has 0 fully saturated rings. The fourth-order valence-electron chi connectivity index (χ4n) is 0.107. The molecule has 0 rings (SSSR count). The summed E-state index contributed by atoms with van der Waals surface area (Å²) >= 11 is 0. The Labute approximate surface area is 38.0 Å². The van der Waals surface area contributed by atoms with Crippen molar-refractivity contribution in [2.75, 3.05) is 6.16 Å². The van der Waals surface area contributed by atoms with Crippen LogP contribution in [0.15, 0.2) is 0 Å². The van der Waals surface area contributed by atoms with E-state index < -0.39 is 0 Å². The Morgan fingerprint density at radius 3 is 2.67 bits per heavy atom. The van der Waals surface area contributed by atoms with Crippen molar-refractivity contribution < 1.29 is 4.57 Å². The zero-order chi connectivity index (χ0) is 4.83. The quantitative estimate of drug-likeness (QED) is 0.384. The maximum absolute atomic E-state index is 9.57. The van der Waals surface area contributed by atoms with Crippen molar-refractivity contribution in [2.24, 2.45) is 0 Å². The molecule has 6 heavy (non-hydrogen) atoms. The van der Waals surface area contributed by atoms with E-state index >= 15 is 0 Å². The standard InChI is InChI=1S/C3H4NOP/c4-2-1-3-6-5/h1,3H2/p+1. The second-order valence-electron chi connectivity index (χ2n) is 0.802. The highest BCUT2D eigenvalue weighted by atomic mass is 31.1. The average molecular weight is 102 g/mol. The van der Waals surface area contributed by atoms with Gasteiger partial charge in [0.1, 0.15) is 0 Å². The molecule has 32 valence electrons. The smallest absolute Gasteiger partial charge is 0.198 e. The van der Waals surface area contributed by atoms with Crippen LogP contribution in [0.4, 0.5) is 0 Å². The van der Waals surface area contributed by atoms with Crippen molar-refractivity contribution in [1.29, 1.82) is 5.26 Å². The van der Waals surface area contributed by atoms with Gasteiger partial charge in [-0.15, -0.1) is 0 Å². The molecule has 0 radical (unpaired) electrons. The second-order valence-corrected chi connectivity index (χ2v) is 1.59. The van der Waals surface area contributed by atoms with E-state index in [0.717, 1.165) is 0 Å². The van der Waals surface area contributed by atoms with Crippen LogP contribution in [-0.2, 0) is 4.57 Å². The van der Waals surface area contributed by atoms with Gasteiger partial charge in [-0.25, -0.2) is 0 Å². The Hall–Kier alpha value is -0.410.